The van der Waals surface area contributed by atoms with Crippen LogP contribution in [0.4, 0.5) is 19.2 Å². The fraction of sp³-hybridized carbons (Fsp3) is 0. The highest BCUT2D eigenvalue weighted by atomic mass is 16.3. The van der Waals surface area contributed by atoms with Crippen molar-refractivity contribution in [3.8, 4) is 0 Å². The summed E-state index contributed by atoms with van der Waals surface area (Å²) in [7, 11) is 0. The molecule has 0 atom stereocenters. The van der Waals surface area contributed by atoms with Crippen LogP contribution < -0.4 is 44.8 Å². The van der Waals surface area contributed by atoms with Crippen molar-refractivity contribution in [2.45, 2.75) is 0 Å². The molecule has 1 aromatic rings. The smallest absolute Gasteiger partial charge is 0.357 e. The molecular formula is C18H18N12O6. The summed E-state index contributed by atoms with van der Waals surface area (Å²) < 4.78 is 0. The monoisotopic (exact) mass is 498 g/mol. The summed E-state index contributed by atoms with van der Waals surface area (Å²) in [6, 6.07) is 0.274. The van der Waals surface area contributed by atoms with Crippen LogP contribution in [-0.2, 0) is 9.59 Å². The van der Waals surface area contributed by atoms with Gasteiger partial charge in [-0.2, -0.15) is 5.01 Å². The van der Waals surface area contributed by atoms with Crippen LogP contribution in [0.15, 0.2) is 47.7 Å². The van der Waals surface area contributed by atoms with E-state index in [0.29, 0.717) is 15.3 Å². The number of nitrogens with two attached hydrogens (primary N) is 6. The van der Waals surface area contributed by atoms with Crippen LogP contribution >= 0.6 is 0 Å². The molecule has 0 radical (unpaired) electrons. The molecule has 3 heterocycles. The lowest BCUT2D eigenvalue weighted by Gasteiger charge is -2.57. The van der Waals surface area contributed by atoms with Crippen molar-refractivity contribution < 1.29 is 28.8 Å². The molecule has 0 saturated carbocycles. The van der Waals surface area contributed by atoms with Gasteiger partial charge in [-0.05, 0) is 12.2 Å². The molecule has 12 N–H and O–H groups in total. The standard InChI is InChI=1S/C18H18N12O6/c19-12(31)9-5-6-10-7-3-1-2-4-8(7)14-26(15(21)33)28(16(22)34)30(18(24)36)29(17(23)35)27(14)25(10)11(9)13(20)32/h1-6H,(H2,19,31)(H2,20,32)(H2,21,33)(H2,22,34)(H2,23,35)(H2,24,36). The van der Waals surface area contributed by atoms with Gasteiger partial charge in [0, 0.05) is 10.4 Å². The molecular weight excluding hydrogens is 480 g/mol. The quantitative estimate of drug-likeness (QED) is 0.230. The summed E-state index contributed by atoms with van der Waals surface area (Å²) in [5, 5.41) is 2.95. The van der Waals surface area contributed by atoms with Crippen molar-refractivity contribution in [1.29, 1.82) is 0 Å². The summed E-state index contributed by atoms with van der Waals surface area (Å²) >= 11 is 0. The van der Waals surface area contributed by atoms with Crippen molar-refractivity contribution in [2.24, 2.45) is 34.4 Å². The first-order chi connectivity index (χ1) is 16.9. The molecule has 4 rings (SSSR count). The highest BCUT2D eigenvalue weighted by Gasteiger charge is 2.54. The van der Waals surface area contributed by atoms with Crippen LogP contribution in [0.1, 0.15) is 0 Å². The molecule has 3 aliphatic heterocycles. The number of rotatable bonds is 2. The average molecular weight is 498 g/mol. The van der Waals surface area contributed by atoms with Gasteiger partial charge in [-0.25, -0.2) is 24.2 Å². The molecule has 0 bridgehead atoms. The van der Waals surface area contributed by atoms with Crippen molar-refractivity contribution in [3.05, 3.63) is 58.1 Å². The lowest BCUT2D eigenvalue weighted by molar-refractivity contribution is -0.288. The van der Waals surface area contributed by atoms with Crippen LogP contribution in [-0.4, -0.2) is 66.4 Å². The number of benzene rings is 1. The molecule has 10 amide bonds. The molecule has 1 fully saturated rings. The minimum Gasteiger partial charge on any atom is -0.366 e. The normalized spacial score (nSPS) is 16.4. The third-order valence-corrected chi connectivity index (χ3v) is 5.15. The molecule has 36 heavy (non-hydrogen) atoms. The Morgan fingerprint density at radius 1 is 0.611 bits per heavy atom. The van der Waals surface area contributed by atoms with E-state index in [-0.39, 0.29) is 26.3 Å². The van der Waals surface area contributed by atoms with E-state index in [9.17, 15) is 28.8 Å². The van der Waals surface area contributed by atoms with Crippen LogP contribution in [0.2, 0.25) is 0 Å². The Kier molecular flexibility index (Phi) is 5.05. The van der Waals surface area contributed by atoms with Gasteiger partial charge < -0.3 is 34.4 Å². The molecule has 0 spiro atoms. The predicted molar refractivity (Wildman–Crippen MR) is 116 cm³/mol. The van der Waals surface area contributed by atoms with Crippen molar-refractivity contribution in [3.63, 3.8) is 0 Å². The summed E-state index contributed by atoms with van der Waals surface area (Å²) in [6.45, 7) is 0. The summed E-state index contributed by atoms with van der Waals surface area (Å²) in [6.07, 6.45) is 2.56. The van der Waals surface area contributed by atoms with E-state index < -0.39 is 53.0 Å². The minimum atomic E-state index is -1.54. The number of amides is 10. The second-order valence-corrected chi connectivity index (χ2v) is 7.21. The van der Waals surface area contributed by atoms with Gasteiger partial charge in [-0.1, -0.05) is 34.5 Å². The van der Waals surface area contributed by atoms with Gasteiger partial charge in [-0.3, -0.25) is 9.59 Å². The number of primary amides is 6. The van der Waals surface area contributed by atoms with Crippen molar-refractivity contribution in [1.82, 2.24) is 30.5 Å². The van der Waals surface area contributed by atoms with E-state index in [2.05, 4.69) is 0 Å². The van der Waals surface area contributed by atoms with Gasteiger partial charge in [-0.15, -0.1) is 10.2 Å². The fourth-order valence-electron chi connectivity index (χ4n) is 3.96. The Bertz CT molecular complexity index is 1460. The second kappa shape index (κ2) is 7.83. The number of hydrazine groups is 5. The highest BCUT2D eigenvalue weighted by Crippen LogP contribution is 2.37. The summed E-state index contributed by atoms with van der Waals surface area (Å²) in [5.74, 6) is -2.71. The Morgan fingerprint density at radius 2 is 1.17 bits per heavy atom. The number of carbonyl (C=O) groups is 6. The zero-order valence-electron chi connectivity index (χ0n) is 18.1. The molecule has 186 valence electrons. The van der Waals surface area contributed by atoms with E-state index in [1.807, 2.05) is 0 Å². The zero-order valence-corrected chi connectivity index (χ0v) is 18.1. The maximum atomic E-state index is 12.7. The number of nitrogens with zero attached hydrogens (tertiary/aromatic N) is 6. The number of carbonyl (C=O) groups excluding carboxylic acids is 6. The SMILES string of the molecule is NC(=O)C1=C(C(N)=O)N2C(=c3ccccc3=C3N(C(N)=O)N(C(N)=O)N(C(N)=O)N(C(N)=O)N32)C=C1. The average Bonchev–Trinajstić information content (AvgIpc) is 2.80. The van der Waals surface area contributed by atoms with E-state index in [1.165, 1.54) is 24.3 Å². The van der Waals surface area contributed by atoms with Gasteiger partial charge in [0.25, 0.3) is 11.8 Å². The maximum absolute atomic E-state index is 12.7. The van der Waals surface area contributed by atoms with E-state index >= 15 is 0 Å². The molecule has 0 aromatic heterocycles. The third kappa shape index (κ3) is 3.05. The van der Waals surface area contributed by atoms with Crippen LogP contribution in [0, 0.1) is 0 Å². The lowest BCUT2D eigenvalue weighted by Crippen LogP contribution is -2.80. The first-order valence-corrected chi connectivity index (χ1v) is 9.73. The predicted octanol–water partition coefficient (Wildman–Crippen LogP) is -4.62. The lowest BCUT2D eigenvalue weighted by atomic mass is 10.0. The summed E-state index contributed by atoms with van der Waals surface area (Å²) in [5.41, 5.74) is 32.0. The van der Waals surface area contributed by atoms with E-state index in [0.717, 1.165) is 5.01 Å². The molecule has 3 aliphatic rings. The Labute approximate surface area is 199 Å². The van der Waals surface area contributed by atoms with Gasteiger partial charge in [0.1, 0.15) is 5.70 Å². The van der Waals surface area contributed by atoms with Crippen LogP contribution in [0.3, 0.4) is 0 Å². The second-order valence-electron chi connectivity index (χ2n) is 7.21. The molecule has 0 aliphatic carbocycles. The first kappa shape index (κ1) is 23.2. The Balaban J connectivity index is 2.25. The zero-order chi connectivity index (χ0) is 26.6. The van der Waals surface area contributed by atoms with Gasteiger partial charge in [0.2, 0.25) is 0 Å². The van der Waals surface area contributed by atoms with Crippen LogP contribution in [0.25, 0.3) is 11.5 Å². The maximum Gasteiger partial charge on any atom is 0.357 e. The molecule has 18 nitrogen and oxygen atoms in total. The Hall–Kier alpha value is -5.94. The number of hydrogen-bond donors (Lipinski definition) is 6. The number of hydrogen-bond acceptors (Lipinski definition) is 8. The Morgan fingerprint density at radius 3 is 1.64 bits per heavy atom. The molecule has 0 unspecified atom stereocenters. The van der Waals surface area contributed by atoms with E-state index in [4.69, 9.17) is 34.4 Å². The molecule has 1 saturated heterocycles. The molecule has 1 aromatic carbocycles. The van der Waals surface area contributed by atoms with Crippen molar-refractivity contribution >= 4 is 47.5 Å². The third-order valence-electron chi connectivity index (χ3n) is 5.15. The number of fused-ring (bicyclic) bond motifs is 4. The topological polar surface area (TPSA) is 278 Å². The largest absolute Gasteiger partial charge is 0.366 e. The van der Waals surface area contributed by atoms with Gasteiger partial charge in [0.05, 0.1) is 11.3 Å². The highest BCUT2D eigenvalue weighted by molar-refractivity contribution is 6.07. The van der Waals surface area contributed by atoms with Gasteiger partial charge >= 0.3 is 24.1 Å². The molecule has 18 heteroatoms. The minimum absolute atomic E-state index is 0.0886. The van der Waals surface area contributed by atoms with Crippen molar-refractivity contribution in [2.75, 3.05) is 0 Å². The van der Waals surface area contributed by atoms with Gasteiger partial charge in [0.15, 0.2) is 5.82 Å². The summed E-state index contributed by atoms with van der Waals surface area (Å²) in [4.78, 5) is 74.9. The first-order valence-electron chi connectivity index (χ1n) is 9.73. The number of urea groups is 4. The van der Waals surface area contributed by atoms with Crippen LogP contribution in [0.5, 0.6) is 0 Å². The fourth-order valence-corrected chi connectivity index (χ4v) is 3.96. The van der Waals surface area contributed by atoms with E-state index in [1.54, 1.807) is 12.1 Å².